The Morgan fingerprint density at radius 1 is 1.32 bits per heavy atom. The van der Waals surface area contributed by atoms with Crippen LogP contribution in [0.1, 0.15) is 33.6 Å². The van der Waals surface area contributed by atoms with Gasteiger partial charge in [-0.1, -0.05) is 13.8 Å². The molecule has 3 aliphatic rings. The smallest absolute Gasteiger partial charge is 0.0655 e. The zero-order chi connectivity index (χ0) is 15.6. The van der Waals surface area contributed by atoms with E-state index in [1.54, 1.807) is 0 Å². The number of nitrogens with zero attached hydrogens (tertiary/aromatic N) is 1. The second-order valence-corrected chi connectivity index (χ2v) is 8.67. The predicted octanol–water partition coefficient (Wildman–Crippen LogP) is 1.99. The number of hydrogen-bond acceptors (Lipinski definition) is 5. The zero-order valence-electron chi connectivity index (χ0n) is 14.4. The largest absolute Gasteiger partial charge is 0.379 e. The molecule has 0 amide bonds. The predicted molar refractivity (Wildman–Crippen MR) is 92.7 cm³/mol. The van der Waals surface area contributed by atoms with Crippen LogP contribution in [0.25, 0.3) is 0 Å². The molecule has 2 aliphatic heterocycles. The number of thioether (sulfide) groups is 1. The first kappa shape index (κ1) is 17.0. The SMILES string of the molecule is CCO[C@@H]1C[C@@H](NC[C@@]2(N3CCOCC3)CCSC2)C1(C)C. The van der Waals surface area contributed by atoms with Gasteiger partial charge in [-0.3, -0.25) is 4.90 Å². The molecule has 0 bridgehead atoms. The van der Waals surface area contributed by atoms with Gasteiger partial charge < -0.3 is 14.8 Å². The Morgan fingerprint density at radius 3 is 2.68 bits per heavy atom. The van der Waals surface area contributed by atoms with E-state index in [9.17, 15) is 0 Å². The Balaban J connectivity index is 1.56. The van der Waals surface area contributed by atoms with Crippen molar-refractivity contribution in [2.24, 2.45) is 5.41 Å². The fraction of sp³-hybridized carbons (Fsp3) is 1.00. The van der Waals surface area contributed by atoms with Crippen LogP contribution in [0.4, 0.5) is 0 Å². The normalized spacial score (nSPS) is 38.9. The minimum Gasteiger partial charge on any atom is -0.379 e. The van der Waals surface area contributed by atoms with Crippen LogP contribution in [-0.4, -0.2) is 73.5 Å². The average molecular weight is 329 g/mol. The van der Waals surface area contributed by atoms with E-state index in [1.165, 1.54) is 17.9 Å². The van der Waals surface area contributed by atoms with Crippen molar-refractivity contribution in [3.63, 3.8) is 0 Å². The molecule has 3 fully saturated rings. The molecule has 2 saturated heterocycles. The molecule has 1 N–H and O–H groups in total. The first-order valence-electron chi connectivity index (χ1n) is 8.84. The van der Waals surface area contributed by atoms with Crippen molar-refractivity contribution >= 4 is 11.8 Å². The molecule has 1 saturated carbocycles. The van der Waals surface area contributed by atoms with Crippen LogP contribution < -0.4 is 5.32 Å². The maximum absolute atomic E-state index is 5.87. The van der Waals surface area contributed by atoms with E-state index in [0.717, 1.165) is 45.9 Å². The van der Waals surface area contributed by atoms with E-state index in [2.05, 4.69) is 42.7 Å². The molecule has 0 spiro atoms. The van der Waals surface area contributed by atoms with Gasteiger partial charge in [0.15, 0.2) is 0 Å². The van der Waals surface area contributed by atoms with Crippen molar-refractivity contribution in [1.29, 1.82) is 0 Å². The molecule has 3 atom stereocenters. The third kappa shape index (κ3) is 3.20. The van der Waals surface area contributed by atoms with Gasteiger partial charge in [0.1, 0.15) is 0 Å². The van der Waals surface area contributed by atoms with Crippen molar-refractivity contribution in [1.82, 2.24) is 10.2 Å². The summed E-state index contributed by atoms with van der Waals surface area (Å²) in [4.78, 5) is 2.69. The molecule has 2 heterocycles. The van der Waals surface area contributed by atoms with Gasteiger partial charge in [-0.15, -0.1) is 0 Å². The lowest BCUT2D eigenvalue weighted by atomic mass is 9.64. The molecule has 0 aromatic carbocycles. The topological polar surface area (TPSA) is 33.7 Å². The molecule has 0 aromatic rings. The fourth-order valence-electron chi connectivity index (χ4n) is 4.16. The summed E-state index contributed by atoms with van der Waals surface area (Å²) in [7, 11) is 0. The molecule has 5 heteroatoms. The molecule has 0 unspecified atom stereocenters. The van der Waals surface area contributed by atoms with Crippen LogP contribution in [0, 0.1) is 5.41 Å². The van der Waals surface area contributed by atoms with E-state index in [1.807, 2.05) is 0 Å². The van der Waals surface area contributed by atoms with Gasteiger partial charge in [-0.05, 0) is 25.5 Å². The van der Waals surface area contributed by atoms with Crippen LogP contribution in [0.3, 0.4) is 0 Å². The third-order valence-electron chi connectivity index (χ3n) is 5.99. The van der Waals surface area contributed by atoms with E-state index in [4.69, 9.17) is 9.47 Å². The lowest BCUT2D eigenvalue weighted by molar-refractivity contribution is -0.117. The summed E-state index contributed by atoms with van der Waals surface area (Å²) in [5.41, 5.74) is 0.606. The van der Waals surface area contributed by atoms with Crippen LogP contribution in [0.15, 0.2) is 0 Å². The Hall–Kier alpha value is 0.190. The fourth-order valence-corrected chi connectivity index (χ4v) is 5.64. The molecule has 128 valence electrons. The van der Waals surface area contributed by atoms with Gasteiger partial charge in [-0.2, -0.15) is 11.8 Å². The second kappa shape index (κ2) is 6.98. The Labute approximate surface area is 139 Å². The molecular weight excluding hydrogens is 296 g/mol. The number of hydrogen-bond donors (Lipinski definition) is 1. The number of nitrogens with one attached hydrogen (secondary N) is 1. The molecular formula is C17H32N2O2S. The van der Waals surface area contributed by atoms with E-state index in [-0.39, 0.29) is 5.41 Å². The summed E-state index contributed by atoms with van der Waals surface area (Å²) in [6.07, 6.45) is 2.90. The standard InChI is InChI=1S/C17H32N2O2S/c1-4-21-15-11-14(16(15,2)3)18-12-17(5-10-22-13-17)19-6-8-20-9-7-19/h14-15,18H,4-13H2,1-3H3/t14-,15-,17+/m1/s1. The highest BCUT2D eigenvalue weighted by atomic mass is 32.2. The van der Waals surface area contributed by atoms with E-state index in [0.29, 0.717) is 17.7 Å². The van der Waals surface area contributed by atoms with Crippen LogP contribution in [0.5, 0.6) is 0 Å². The maximum atomic E-state index is 5.87. The highest BCUT2D eigenvalue weighted by Crippen LogP contribution is 2.43. The highest BCUT2D eigenvalue weighted by Gasteiger charge is 2.50. The average Bonchev–Trinajstić information content (AvgIpc) is 3.01. The minimum atomic E-state index is 0.258. The minimum absolute atomic E-state index is 0.258. The Kier molecular flexibility index (Phi) is 5.40. The first-order valence-corrected chi connectivity index (χ1v) is 9.99. The summed E-state index contributed by atoms with van der Waals surface area (Å²) in [6.45, 7) is 12.7. The summed E-state index contributed by atoms with van der Waals surface area (Å²) in [6, 6.07) is 0.590. The summed E-state index contributed by atoms with van der Waals surface area (Å²) in [5.74, 6) is 2.57. The lowest BCUT2D eigenvalue weighted by Crippen LogP contribution is -2.65. The Bertz CT molecular complexity index is 366. The number of morpholine rings is 1. The number of rotatable bonds is 6. The van der Waals surface area contributed by atoms with Gasteiger partial charge in [0.25, 0.3) is 0 Å². The summed E-state index contributed by atoms with van der Waals surface area (Å²) < 4.78 is 11.4. The van der Waals surface area contributed by atoms with Crippen molar-refractivity contribution < 1.29 is 9.47 Å². The van der Waals surface area contributed by atoms with E-state index < -0.39 is 0 Å². The molecule has 1 aliphatic carbocycles. The van der Waals surface area contributed by atoms with Gasteiger partial charge in [0.05, 0.1) is 19.3 Å². The lowest BCUT2D eigenvalue weighted by Gasteiger charge is -2.53. The quantitative estimate of drug-likeness (QED) is 0.806. The highest BCUT2D eigenvalue weighted by molar-refractivity contribution is 7.99. The van der Waals surface area contributed by atoms with Crippen LogP contribution in [0.2, 0.25) is 0 Å². The van der Waals surface area contributed by atoms with Crippen molar-refractivity contribution in [3.8, 4) is 0 Å². The van der Waals surface area contributed by atoms with Gasteiger partial charge >= 0.3 is 0 Å². The molecule has 22 heavy (non-hydrogen) atoms. The van der Waals surface area contributed by atoms with Crippen LogP contribution >= 0.6 is 11.8 Å². The van der Waals surface area contributed by atoms with Crippen molar-refractivity contribution in [2.75, 3.05) is 51.0 Å². The first-order chi connectivity index (χ1) is 10.6. The summed E-state index contributed by atoms with van der Waals surface area (Å²) in [5, 5.41) is 3.90. The Morgan fingerprint density at radius 2 is 2.09 bits per heavy atom. The molecule has 3 rings (SSSR count). The van der Waals surface area contributed by atoms with Gasteiger partial charge in [-0.25, -0.2) is 0 Å². The summed E-state index contributed by atoms with van der Waals surface area (Å²) >= 11 is 2.11. The van der Waals surface area contributed by atoms with Crippen molar-refractivity contribution in [2.45, 2.75) is 51.3 Å². The molecule has 4 nitrogen and oxygen atoms in total. The van der Waals surface area contributed by atoms with Crippen LogP contribution in [-0.2, 0) is 9.47 Å². The van der Waals surface area contributed by atoms with Gasteiger partial charge in [0.2, 0.25) is 0 Å². The monoisotopic (exact) mass is 328 g/mol. The van der Waals surface area contributed by atoms with Gasteiger partial charge in [0, 0.05) is 49.0 Å². The zero-order valence-corrected chi connectivity index (χ0v) is 15.2. The molecule has 0 radical (unpaired) electrons. The molecule has 0 aromatic heterocycles. The number of ether oxygens (including phenoxy) is 2. The third-order valence-corrected chi connectivity index (χ3v) is 7.22. The van der Waals surface area contributed by atoms with Crippen molar-refractivity contribution in [3.05, 3.63) is 0 Å². The second-order valence-electron chi connectivity index (χ2n) is 7.56. The maximum Gasteiger partial charge on any atom is 0.0655 e. The van der Waals surface area contributed by atoms with E-state index >= 15 is 0 Å².